The largest absolute Gasteiger partial charge is 0.493 e. The predicted octanol–water partition coefficient (Wildman–Crippen LogP) is 0.852. The molecule has 0 aliphatic carbocycles. The predicted molar refractivity (Wildman–Crippen MR) is 88.4 cm³/mol. The van der Waals surface area contributed by atoms with E-state index >= 15 is 0 Å². The average molecular weight is 352 g/mol. The number of urea groups is 1. The van der Waals surface area contributed by atoms with Crippen LogP contribution in [0.4, 0.5) is 4.79 Å². The second-order valence-corrected chi connectivity index (χ2v) is 4.72. The van der Waals surface area contributed by atoms with Gasteiger partial charge in [-0.3, -0.25) is 10.1 Å². The number of hydrogen-bond acceptors (Lipinski definition) is 7. The molecular weight excluding hydrogens is 332 g/mol. The van der Waals surface area contributed by atoms with Crippen LogP contribution < -0.4 is 25.3 Å². The van der Waals surface area contributed by atoms with Crippen LogP contribution in [-0.2, 0) is 14.3 Å². The summed E-state index contributed by atoms with van der Waals surface area (Å²) in [6.45, 7) is 1.31. The van der Waals surface area contributed by atoms with Gasteiger partial charge in [-0.2, -0.15) is 0 Å². The molecule has 25 heavy (non-hydrogen) atoms. The molecule has 0 bridgehead atoms. The summed E-state index contributed by atoms with van der Waals surface area (Å²) in [5.74, 6) is -0.336. The molecule has 136 valence electrons. The number of carbonyl (C=O) groups is 3. The number of nitrogens with one attached hydrogen (secondary N) is 1. The molecule has 0 radical (unpaired) electrons. The van der Waals surface area contributed by atoms with Crippen molar-refractivity contribution in [3.8, 4) is 17.2 Å². The van der Waals surface area contributed by atoms with Gasteiger partial charge in [-0.1, -0.05) is 0 Å². The Morgan fingerprint density at radius 3 is 2.08 bits per heavy atom. The number of nitrogens with two attached hydrogens (primary N) is 1. The van der Waals surface area contributed by atoms with Crippen molar-refractivity contribution in [3.05, 3.63) is 23.8 Å². The molecule has 0 aromatic heterocycles. The van der Waals surface area contributed by atoms with E-state index in [1.165, 1.54) is 34.3 Å². The van der Waals surface area contributed by atoms with Crippen molar-refractivity contribution >= 4 is 24.0 Å². The third kappa shape index (κ3) is 5.72. The third-order valence-electron chi connectivity index (χ3n) is 3.01. The Labute approximate surface area is 144 Å². The lowest BCUT2D eigenvalue weighted by atomic mass is 10.1. The fourth-order valence-corrected chi connectivity index (χ4v) is 1.85. The van der Waals surface area contributed by atoms with Crippen LogP contribution in [0.25, 0.3) is 6.08 Å². The fourth-order valence-electron chi connectivity index (χ4n) is 1.85. The first-order valence-corrected chi connectivity index (χ1v) is 7.11. The van der Waals surface area contributed by atoms with E-state index in [1.54, 1.807) is 12.1 Å². The first kappa shape index (κ1) is 19.8. The zero-order valence-corrected chi connectivity index (χ0v) is 14.3. The summed E-state index contributed by atoms with van der Waals surface area (Å²) < 4.78 is 20.5. The number of hydrogen-bond donors (Lipinski definition) is 2. The Morgan fingerprint density at radius 2 is 1.64 bits per heavy atom. The summed E-state index contributed by atoms with van der Waals surface area (Å²) in [7, 11) is 4.42. The van der Waals surface area contributed by atoms with Crippen molar-refractivity contribution < 1.29 is 33.3 Å². The molecule has 3 N–H and O–H groups in total. The number of amides is 3. The zero-order chi connectivity index (χ0) is 19.0. The van der Waals surface area contributed by atoms with E-state index in [9.17, 15) is 14.4 Å². The van der Waals surface area contributed by atoms with E-state index in [0.29, 0.717) is 22.8 Å². The number of benzene rings is 1. The summed E-state index contributed by atoms with van der Waals surface area (Å²) in [6, 6.07) is 2.24. The van der Waals surface area contributed by atoms with Crippen molar-refractivity contribution in [2.24, 2.45) is 5.73 Å². The molecule has 0 aliphatic heterocycles. The molecule has 0 spiro atoms. The number of rotatable bonds is 7. The van der Waals surface area contributed by atoms with Gasteiger partial charge in [-0.15, -0.1) is 0 Å². The standard InChI is InChI=1S/C16H20N2O7/c1-9(15(20)18-16(17)21)25-13(19)6-5-10-7-11(22-2)14(24-4)12(8-10)23-3/h5-9H,1-4H3,(H3,17,18,20,21)/b6-5+/t9-/m0/s1. The van der Waals surface area contributed by atoms with Crippen LogP contribution in [-0.4, -0.2) is 45.3 Å². The van der Waals surface area contributed by atoms with Gasteiger partial charge in [0.1, 0.15) is 0 Å². The van der Waals surface area contributed by atoms with Crippen LogP contribution in [0.2, 0.25) is 0 Å². The van der Waals surface area contributed by atoms with Crippen LogP contribution in [0.1, 0.15) is 12.5 Å². The molecule has 0 heterocycles. The number of primary amides is 1. The number of carbonyl (C=O) groups excluding carboxylic acids is 3. The van der Waals surface area contributed by atoms with Gasteiger partial charge in [0.2, 0.25) is 5.75 Å². The van der Waals surface area contributed by atoms with Gasteiger partial charge in [0, 0.05) is 6.08 Å². The second-order valence-electron chi connectivity index (χ2n) is 4.72. The van der Waals surface area contributed by atoms with E-state index in [0.717, 1.165) is 6.08 Å². The monoisotopic (exact) mass is 352 g/mol. The molecular formula is C16H20N2O7. The molecule has 9 heteroatoms. The van der Waals surface area contributed by atoms with Crippen LogP contribution in [0.5, 0.6) is 17.2 Å². The highest BCUT2D eigenvalue weighted by molar-refractivity contribution is 5.97. The van der Waals surface area contributed by atoms with Gasteiger partial charge in [-0.05, 0) is 30.7 Å². The molecule has 0 unspecified atom stereocenters. The van der Waals surface area contributed by atoms with Gasteiger partial charge >= 0.3 is 12.0 Å². The SMILES string of the molecule is COc1cc(/C=C/C(=O)O[C@@H](C)C(=O)NC(N)=O)cc(OC)c1OC. The fraction of sp³-hybridized carbons (Fsp3) is 0.312. The van der Waals surface area contributed by atoms with Crippen LogP contribution >= 0.6 is 0 Å². The topological polar surface area (TPSA) is 126 Å². The van der Waals surface area contributed by atoms with E-state index in [2.05, 4.69) is 0 Å². The van der Waals surface area contributed by atoms with E-state index in [1.807, 2.05) is 5.32 Å². The molecule has 3 amide bonds. The van der Waals surface area contributed by atoms with Crippen molar-refractivity contribution in [2.75, 3.05) is 21.3 Å². The Bertz CT molecular complexity index is 660. The van der Waals surface area contributed by atoms with Gasteiger partial charge in [0.25, 0.3) is 5.91 Å². The minimum Gasteiger partial charge on any atom is -0.493 e. The highest BCUT2D eigenvalue weighted by Gasteiger charge is 2.18. The Kier molecular flexibility index (Phi) is 7.26. The second kappa shape index (κ2) is 9.16. The van der Waals surface area contributed by atoms with Crippen LogP contribution in [0.15, 0.2) is 18.2 Å². The van der Waals surface area contributed by atoms with Crippen molar-refractivity contribution in [1.82, 2.24) is 5.32 Å². The Morgan fingerprint density at radius 1 is 1.08 bits per heavy atom. The van der Waals surface area contributed by atoms with E-state index < -0.39 is 24.0 Å². The number of methoxy groups -OCH3 is 3. The first-order chi connectivity index (χ1) is 11.8. The molecule has 1 atom stereocenters. The smallest absolute Gasteiger partial charge is 0.331 e. The maximum absolute atomic E-state index is 11.8. The van der Waals surface area contributed by atoms with Crippen molar-refractivity contribution in [1.29, 1.82) is 0 Å². The summed E-state index contributed by atoms with van der Waals surface area (Å²) >= 11 is 0. The molecule has 0 saturated heterocycles. The lowest BCUT2D eigenvalue weighted by molar-refractivity contribution is -0.149. The maximum atomic E-state index is 11.8. The third-order valence-corrected chi connectivity index (χ3v) is 3.01. The highest BCUT2D eigenvalue weighted by Crippen LogP contribution is 2.38. The summed E-state index contributed by atoms with van der Waals surface area (Å²) in [4.78, 5) is 33.8. The molecule has 0 aliphatic rings. The highest BCUT2D eigenvalue weighted by atomic mass is 16.5. The summed E-state index contributed by atoms with van der Waals surface area (Å²) in [5, 5.41) is 1.82. The van der Waals surface area contributed by atoms with Crippen molar-refractivity contribution in [3.63, 3.8) is 0 Å². The van der Waals surface area contributed by atoms with E-state index in [4.69, 9.17) is 24.7 Å². The lowest BCUT2D eigenvalue weighted by Gasteiger charge is -2.13. The van der Waals surface area contributed by atoms with E-state index in [-0.39, 0.29) is 0 Å². The Hall–Kier alpha value is -3.23. The number of ether oxygens (including phenoxy) is 4. The normalized spacial score (nSPS) is 11.5. The van der Waals surface area contributed by atoms with Crippen LogP contribution in [0.3, 0.4) is 0 Å². The van der Waals surface area contributed by atoms with Gasteiger partial charge in [-0.25, -0.2) is 9.59 Å². The average Bonchev–Trinajstić information content (AvgIpc) is 2.58. The molecule has 0 fully saturated rings. The summed E-state index contributed by atoms with van der Waals surface area (Å²) in [5.41, 5.74) is 5.40. The van der Waals surface area contributed by atoms with Crippen LogP contribution in [0, 0.1) is 0 Å². The number of esters is 1. The molecule has 1 rings (SSSR count). The maximum Gasteiger partial charge on any atom is 0.331 e. The van der Waals surface area contributed by atoms with Gasteiger partial charge in [0.05, 0.1) is 21.3 Å². The molecule has 0 saturated carbocycles. The molecule has 1 aromatic carbocycles. The van der Waals surface area contributed by atoms with Crippen molar-refractivity contribution in [2.45, 2.75) is 13.0 Å². The Balaban J connectivity index is 2.85. The van der Waals surface area contributed by atoms with Gasteiger partial charge in [0.15, 0.2) is 17.6 Å². The minimum atomic E-state index is -1.18. The molecule has 1 aromatic rings. The lowest BCUT2D eigenvalue weighted by Crippen LogP contribution is -2.42. The molecule has 9 nitrogen and oxygen atoms in total. The number of imide groups is 1. The quantitative estimate of drug-likeness (QED) is 0.550. The zero-order valence-electron chi connectivity index (χ0n) is 14.3. The minimum absolute atomic E-state index is 0.418. The summed E-state index contributed by atoms with van der Waals surface area (Å²) in [6.07, 6.45) is 1.39. The van der Waals surface area contributed by atoms with Gasteiger partial charge < -0.3 is 24.7 Å². The first-order valence-electron chi connectivity index (χ1n) is 7.11.